The molecular formula is C14H22N2O. The second kappa shape index (κ2) is 5.07. The second-order valence-corrected chi connectivity index (χ2v) is 5.20. The van der Waals surface area contributed by atoms with Crippen molar-refractivity contribution in [3.63, 3.8) is 0 Å². The summed E-state index contributed by atoms with van der Waals surface area (Å²) in [5, 5.41) is 13.7. The zero-order valence-corrected chi connectivity index (χ0v) is 10.7. The van der Waals surface area contributed by atoms with Crippen LogP contribution in [-0.2, 0) is 0 Å². The molecule has 1 aromatic rings. The van der Waals surface area contributed by atoms with Gasteiger partial charge in [-0.1, -0.05) is 17.7 Å². The van der Waals surface area contributed by atoms with Crippen LogP contribution in [0.3, 0.4) is 0 Å². The lowest BCUT2D eigenvalue weighted by Crippen LogP contribution is -2.52. The van der Waals surface area contributed by atoms with Crippen LogP contribution in [0.1, 0.15) is 18.4 Å². The van der Waals surface area contributed by atoms with Gasteiger partial charge in [-0.2, -0.15) is 0 Å². The van der Waals surface area contributed by atoms with Crippen LogP contribution in [-0.4, -0.2) is 37.4 Å². The largest absolute Gasteiger partial charge is 0.387 e. The summed E-state index contributed by atoms with van der Waals surface area (Å²) in [6.07, 6.45) is 1.94. The van der Waals surface area contributed by atoms with Crippen LogP contribution in [0.5, 0.6) is 0 Å². The number of nitrogens with zero attached hydrogens (tertiary/aromatic N) is 1. The van der Waals surface area contributed by atoms with Crippen molar-refractivity contribution in [2.45, 2.75) is 25.4 Å². The van der Waals surface area contributed by atoms with Crippen molar-refractivity contribution in [1.82, 2.24) is 5.32 Å². The molecule has 0 saturated carbocycles. The molecule has 0 radical (unpaired) electrons. The summed E-state index contributed by atoms with van der Waals surface area (Å²) in [5.74, 6) is 0. The zero-order valence-electron chi connectivity index (χ0n) is 10.7. The van der Waals surface area contributed by atoms with Crippen LogP contribution in [0.15, 0.2) is 24.3 Å². The maximum Gasteiger partial charge on any atom is 0.0945 e. The Kier molecular flexibility index (Phi) is 3.69. The van der Waals surface area contributed by atoms with E-state index in [1.54, 1.807) is 0 Å². The molecule has 2 rings (SSSR count). The van der Waals surface area contributed by atoms with Gasteiger partial charge in [0.1, 0.15) is 0 Å². The number of aliphatic hydroxyl groups is 1. The Morgan fingerprint density at radius 3 is 2.65 bits per heavy atom. The van der Waals surface area contributed by atoms with E-state index in [0.717, 1.165) is 25.1 Å². The molecule has 1 fully saturated rings. The summed E-state index contributed by atoms with van der Waals surface area (Å²) in [6.45, 7) is 4.49. The third-order valence-electron chi connectivity index (χ3n) is 3.46. The molecule has 1 atom stereocenters. The van der Waals surface area contributed by atoms with Crippen LogP contribution in [0.2, 0.25) is 0 Å². The Bertz CT molecular complexity index is 355. The molecule has 1 aliphatic rings. The monoisotopic (exact) mass is 234 g/mol. The van der Waals surface area contributed by atoms with E-state index in [-0.39, 0.29) is 0 Å². The lowest BCUT2D eigenvalue weighted by atomic mass is 9.93. The first-order valence-corrected chi connectivity index (χ1v) is 6.30. The number of benzene rings is 1. The molecule has 17 heavy (non-hydrogen) atoms. The molecule has 1 heterocycles. The van der Waals surface area contributed by atoms with Crippen LogP contribution in [0.4, 0.5) is 5.69 Å². The van der Waals surface area contributed by atoms with Gasteiger partial charge in [0.05, 0.1) is 5.60 Å². The summed E-state index contributed by atoms with van der Waals surface area (Å²) in [6, 6.07) is 8.42. The number of likely N-dealkylation sites (N-methyl/N-ethyl adjacent to an activating group) is 1. The van der Waals surface area contributed by atoms with Crippen molar-refractivity contribution in [2.24, 2.45) is 0 Å². The summed E-state index contributed by atoms with van der Waals surface area (Å²) in [4.78, 5) is 2.13. The van der Waals surface area contributed by atoms with Gasteiger partial charge >= 0.3 is 0 Å². The Morgan fingerprint density at radius 1 is 1.35 bits per heavy atom. The van der Waals surface area contributed by atoms with Gasteiger partial charge in [0, 0.05) is 25.8 Å². The molecule has 1 unspecified atom stereocenters. The van der Waals surface area contributed by atoms with E-state index in [4.69, 9.17) is 0 Å². The van der Waals surface area contributed by atoms with Gasteiger partial charge in [0.2, 0.25) is 0 Å². The quantitative estimate of drug-likeness (QED) is 0.833. The topological polar surface area (TPSA) is 35.5 Å². The van der Waals surface area contributed by atoms with E-state index in [0.29, 0.717) is 13.1 Å². The minimum atomic E-state index is -0.585. The van der Waals surface area contributed by atoms with Crippen molar-refractivity contribution >= 4 is 5.69 Å². The highest BCUT2D eigenvalue weighted by atomic mass is 16.3. The predicted octanol–water partition coefficient (Wildman–Crippen LogP) is 1.55. The fraction of sp³-hybridized carbons (Fsp3) is 0.571. The summed E-state index contributed by atoms with van der Waals surface area (Å²) in [7, 11) is 2.04. The summed E-state index contributed by atoms with van der Waals surface area (Å²) < 4.78 is 0. The lowest BCUT2D eigenvalue weighted by Gasteiger charge is -2.36. The first-order valence-electron chi connectivity index (χ1n) is 6.30. The number of β-amino-alcohol motifs (C(OH)–C–C–N with tert-alkyl or cyclic N) is 1. The SMILES string of the molecule is Cc1ccc(N(C)CC2(O)CCCNC2)cc1. The van der Waals surface area contributed by atoms with Gasteiger partial charge in [0.25, 0.3) is 0 Å². The minimum absolute atomic E-state index is 0.585. The van der Waals surface area contributed by atoms with Crippen LogP contribution in [0, 0.1) is 6.92 Å². The van der Waals surface area contributed by atoms with E-state index in [1.165, 1.54) is 5.56 Å². The number of hydrogen-bond donors (Lipinski definition) is 2. The van der Waals surface area contributed by atoms with Crippen molar-refractivity contribution in [1.29, 1.82) is 0 Å². The molecule has 94 valence electrons. The molecule has 2 N–H and O–H groups in total. The van der Waals surface area contributed by atoms with Crippen LogP contribution >= 0.6 is 0 Å². The van der Waals surface area contributed by atoms with E-state index in [2.05, 4.69) is 41.4 Å². The highest BCUT2D eigenvalue weighted by Gasteiger charge is 2.30. The fourth-order valence-corrected chi connectivity index (χ4v) is 2.42. The molecule has 1 aromatic carbocycles. The minimum Gasteiger partial charge on any atom is -0.387 e. The van der Waals surface area contributed by atoms with Crippen molar-refractivity contribution in [3.8, 4) is 0 Å². The molecule has 3 heteroatoms. The van der Waals surface area contributed by atoms with E-state index >= 15 is 0 Å². The van der Waals surface area contributed by atoms with Gasteiger partial charge in [-0.3, -0.25) is 0 Å². The molecule has 0 bridgehead atoms. The normalized spacial score (nSPS) is 24.6. The van der Waals surface area contributed by atoms with E-state index in [9.17, 15) is 5.11 Å². The Morgan fingerprint density at radius 2 is 2.06 bits per heavy atom. The number of anilines is 1. The number of hydrogen-bond acceptors (Lipinski definition) is 3. The van der Waals surface area contributed by atoms with Crippen LogP contribution in [0.25, 0.3) is 0 Å². The molecule has 0 aromatic heterocycles. The van der Waals surface area contributed by atoms with Gasteiger partial charge in [-0.05, 0) is 38.4 Å². The molecular weight excluding hydrogens is 212 g/mol. The second-order valence-electron chi connectivity index (χ2n) is 5.20. The van der Waals surface area contributed by atoms with E-state index in [1.807, 2.05) is 7.05 Å². The van der Waals surface area contributed by atoms with E-state index < -0.39 is 5.60 Å². The highest BCUT2D eigenvalue weighted by Crippen LogP contribution is 2.21. The van der Waals surface area contributed by atoms with Gasteiger partial charge in [-0.15, -0.1) is 0 Å². The van der Waals surface area contributed by atoms with Crippen LogP contribution < -0.4 is 10.2 Å². The van der Waals surface area contributed by atoms with Gasteiger partial charge < -0.3 is 15.3 Å². The Balaban J connectivity index is 2.00. The third kappa shape index (κ3) is 3.20. The van der Waals surface area contributed by atoms with Gasteiger partial charge in [-0.25, -0.2) is 0 Å². The smallest absolute Gasteiger partial charge is 0.0945 e. The third-order valence-corrected chi connectivity index (χ3v) is 3.46. The lowest BCUT2D eigenvalue weighted by molar-refractivity contribution is 0.0243. The zero-order chi connectivity index (χ0) is 12.3. The summed E-state index contributed by atoms with van der Waals surface area (Å²) in [5.41, 5.74) is 1.84. The number of piperidine rings is 1. The number of aryl methyl sites for hydroxylation is 1. The maximum atomic E-state index is 10.5. The fourth-order valence-electron chi connectivity index (χ4n) is 2.42. The average molecular weight is 234 g/mol. The van der Waals surface area contributed by atoms with Crippen molar-refractivity contribution < 1.29 is 5.11 Å². The standard InChI is InChI=1S/C14H22N2O/c1-12-4-6-13(7-5-12)16(2)11-14(17)8-3-9-15-10-14/h4-7,15,17H,3,8-11H2,1-2H3. The Hall–Kier alpha value is -1.06. The van der Waals surface area contributed by atoms with Crippen molar-refractivity contribution in [2.75, 3.05) is 31.6 Å². The first kappa shape index (κ1) is 12.4. The predicted molar refractivity (Wildman–Crippen MR) is 71.5 cm³/mol. The number of rotatable bonds is 3. The molecule has 0 spiro atoms. The highest BCUT2D eigenvalue weighted by molar-refractivity contribution is 5.47. The summed E-state index contributed by atoms with van der Waals surface area (Å²) >= 11 is 0. The van der Waals surface area contributed by atoms with Crippen molar-refractivity contribution in [3.05, 3.63) is 29.8 Å². The van der Waals surface area contributed by atoms with Gasteiger partial charge in [0.15, 0.2) is 0 Å². The Labute approximate surface area is 103 Å². The number of nitrogens with one attached hydrogen (secondary N) is 1. The molecule has 1 saturated heterocycles. The molecule has 1 aliphatic heterocycles. The molecule has 0 amide bonds. The average Bonchev–Trinajstić information content (AvgIpc) is 2.30. The first-order chi connectivity index (χ1) is 8.09. The molecule has 0 aliphatic carbocycles. The maximum absolute atomic E-state index is 10.5. The molecule has 3 nitrogen and oxygen atoms in total.